The van der Waals surface area contributed by atoms with Gasteiger partial charge < -0.3 is 15.0 Å². The molecule has 1 aromatic rings. The number of carbonyl (C=O) groups is 2. The maximum Gasteiger partial charge on any atom is 0.239 e. The Labute approximate surface area is 149 Å². The Kier molecular flexibility index (Phi) is 5.91. The van der Waals surface area contributed by atoms with E-state index in [1.807, 2.05) is 28.0 Å². The summed E-state index contributed by atoms with van der Waals surface area (Å²) < 4.78 is 5.18. The Morgan fingerprint density at radius 3 is 2.68 bits per heavy atom. The van der Waals surface area contributed by atoms with E-state index in [2.05, 4.69) is 5.32 Å². The second-order valence-corrected chi connectivity index (χ2v) is 6.79. The van der Waals surface area contributed by atoms with Crippen molar-refractivity contribution >= 4 is 17.5 Å². The Bertz CT molecular complexity index is 614. The number of nitrogens with zero attached hydrogens (tertiary/aromatic N) is 2. The number of piperidine rings is 1. The highest BCUT2D eigenvalue weighted by atomic mass is 16.5. The van der Waals surface area contributed by atoms with Crippen molar-refractivity contribution in [2.45, 2.75) is 38.1 Å². The van der Waals surface area contributed by atoms with Crippen molar-refractivity contribution in [1.82, 2.24) is 9.80 Å². The summed E-state index contributed by atoms with van der Waals surface area (Å²) in [6.45, 7) is 2.77. The number of anilines is 1. The SMILES string of the molecule is COc1cccc(NC(=O)CN2CCCC[C@@H]2C(=O)N2CCCC2)c1. The lowest BCUT2D eigenvalue weighted by atomic mass is 10.0. The molecular formula is C19H27N3O3. The number of benzene rings is 1. The summed E-state index contributed by atoms with van der Waals surface area (Å²) in [7, 11) is 1.60. The molecule has 0 aromatic heterocycles. The predicted molar refractivity (Wildman–Crippen MR) is 96.6 cm³/mol. The molecule has 0 aliphatic carbocycles. The third kappa shape index (κ3) is 4.51. The number of nitrogens with one attached hydrogen (secondary N) is 1. The minimum atomic E-state index is -0.150. The van der Waals surface area contributed by atoms with Crippen molar-refractivity contribution in [3.63, 3.8) is 0 Å². The Hall–Kier alpha value is -2.08. The van der Waals surface area contributed by atoms with Crippen LogP contribution in [0.1, 0.15) is 32.1 Å². The first kappa shape index (κ1) is 17.7. The number of methoxy groups -OCH3 is 1. The van der Waals surface area contributed by atoms with Crippen LogP contribution in [0, 0.1) is 0 Å². The van der Waals surface area contributed by atoms with E-state index in [4.69, 9.17) is 4.74 Å². The van der Waals surface area contributed by atoms with Gasteiger partial charge in [-0.3, -0.25) is 14.5 Å². The molecule has 2 aliphatic heterocycles. The van der Waals surface area contributed by atoms with Gasteiger partial charge in [0.05, 0.1) is 19.7 Å². The minimum absolute atomic E-state index is 0.0885. The van der Waals surface area contributed by atoms with Crippen molar-refractivity contribution in [2.75, 3.05) is 38.6 Å². The molecule has 2 amide bonds. The Morgan fingerprint density at radius 2 is 1.92 bits per heavy atom. The molecule has 1 atom stereocenters. The standard InChI is InChI=1S/C19H27N3O3/c1-25-16-8-6-7-15(13-16)20-18(23)14-22-12-3-2-9-17(22)19(24)21-10-4-5-11-21/h6-8,13,17H,2-5,9-12,14H2,1H3,(H,20,23)/t17-/m1/s1. The number of rotatable bonds is 5. The van der Waals surface area contributed by atoms with Gasteiger partial charge in [-0.25, -0.2) is 0 Å². The van der Waals surface area contributed by atoms with Gasteiger partial charge in [-0.05, 0) is 44.4 Å². The fraction of sp³-hybridized carbons (Fsp3) is 0.579. The first-order valence-electron chi connectivity index (χ1n) is 9.14. The number of carbonyl (C=O) groups excluding carboxylic acids is 2. The Balaban J connectivity index is 1.60. The lowest BCUT2D eigenvalue weighted by Crippen LogP contribution is -2.52. The topological polar surface area (TPSA) is 61.9 Å². The van der Waals surface area contributed by atoms with Gasteiger partial charge in [-0.1, -0.05) is 12.5 Å². The highest BCUT2D eigenvalue weighted by molar-refractivity contribution is 5.93. The molecule has 2 saturated heterocycles. The van der Waals surface area contributed by atoms with Crippen LogP contribution in [0.15, 0.2) is 24.3 Å². The molecule has 6 heteroatoms. The van der Waals surface area contributed by atoms with Crippen molar-refractivity contribution in [2.24, 2.45) is 0 Å². The largest absolute Gasteiger partial charge is 0.497 e. The molecule has 25 heavy (non-hydrogen) atoms. The summed E-state index contributed by atoms with van der Waals surface area (Å²) in [6.07, 6.45) is 5.12. The van der Waals surface area contributed by atoms with Crippen molar-refractivity contribution in [1.29, 1.82) is 0 Å². The molecule has 0 saturated carbocycles. The second-order valence-electron chi connectivity index (χ2n) is 6.79. The maximum absolute atomic E-state index is 12.8. The molecule has 2 heterocycles. The lowest BCUT2D eigenvalue weighted by Gasteiger charge is -2.36. The van der Waals surface area contributed by atoms with Crippen molar-refractivity contribution in [3.8, 4) is 5.75 Å². The predicted octanol–water partition coefficient (Wildman–Crippen LogP) is 2.11. The number of hydrogen-bond donors (Lipinski definition) is 1. The van der Waals surface area contributed by atoms with Gasteiger partial charge in [0, 0.05) is 24.8 Å². The van der Waals surface area contributed by atoms with E-state index in [0.717, 1.165) is 51.7 Å². The fourth-order valence-corrected chi connectivity index (χ4v) is 3.69. The molecule has 0 radical (unpaired) electrons. The summed E-state index contributed by atoms with van der Waals surface area (Å²) in [5, 5.41) is 2.91. The van der Waals surface area contributed by atoms with E-state index in [0.29, 0.717) is 11.4 Å². The summed E-state index contributed by atoms with van der Waals surface area (Å²) in [5.41, 5.74) is 0.712. The highest BCUT2D eigenvalue weighted by Crippen LogP contribution is 2.22. The third-order valence-electron chi connectivity index (χ3n) is 5.02. The van der Waals surface area contributed by atoms with Gasteiger partial charge in [0.25, 0.3) is 0 Å². The van der Waals surface area contributed by atoms with Crippen LogP contribution in [-0.2, 0) is 9.59 Å². The number of likely N-dealkylation sites (tertiary alicyclic amines) is 2. The van der Waals surface area contributed by atoms with Gasteiger partial charge in [-0.2, -0.15) is 0 Å². The van der Waals surface area contributed by atoms with E-state index in [1.165, 1.54) is 0 Å². The third-order valence-corrected chi connectivity index (χ3v) is 5.02. The zero-order valence-corrected chi connectivity index (χ0v) is 14.9. The molecule has 1 aromatic carbocycles. The molecule has 0 unspecified atom stereocenters. The molecule has 0 spiro atoms. The summed E-state index contributed by atoms with van der Waals surface area (Å²) >= 11 is 0. The molecule has 136 valence electrons. The number of hydrogen-bond acceptors (Lipinski definition) is 4. The zero-order chi connectivity index (χ0) is 17.6. The summed E-state index contributed by atoms with van der Waals surface area (Å²) in [6, 6.07) is 7.16. The first-order chi connectivity index (χ1) is 12.2. The molecule has 1 N–H and O–H groups in total. The van der Waals surface area contributed by atoms with Crippen LogP contribution in [0.2, 0.25) is 0 Å². The van der Waals surface area contributed by atoms with E-state index in [9.17, 15) is 9.59 Å². The molecule has 2 fully saturated rings. The minimum Gasteiger partial charge on any atom is -0.497 e. The summed E-state index contributed by atoms with van der Waals surface area (Å²) in [4.78, 5) is 29.2. The van der Waals surface area contributed by atoms with Crippen LogP contribution in [0.5, 0.6) is 5.75 Å². The molecule has 2 aliphatic rings. The average Bonchev–Trinajstić information content (AvgIpc) is 3.16. The summed E-state index contributed by atoms with van der Waals surface area (Å²) in [5.74, 6) is 0.818. The number of ether oxygens (including phenoxy) is 1. The molecule has 3 rings (SSSR count). The van der Waals surface area contributed by atoms with Gasteiger partial charge in [-0.15, -0.1) is 0 Å². The van der Waals surface area contributed by atoms with E-state index in [-0.39, 0.29) is 24.4 Å². The van der Waals surface area contributed by atoms with Crippen LogP contribution >= 0.6 is 0 Å². The van der Waals surface area contributed by atoms with Gasteiger partial charge in [0.1, 0.15) is 5.75 Å². The van der Waals surface area contributed by atoms with E-state index >= 15 is 0 Å². The number of amides is 2. The quantitative estimate of drug-likeness (QED) is 0.888. The van der Waals surface area contributed by atoms with Crippen molar-refractivity contribution in [3.05, 3.63) is 24.3 Å². The normalized spacial score (nSPS) is 21.2. The van der Waals surface area contributed by atoms with Crippen LogP contribution in [0.3, 0.4) is 0 Å². The second kappa shape index (κ2) is 8.34. The highest BCUT2D eigenvalue weighted by Gasteiger charge is 2.33. The molecular weight excluding hydrogens is 318 g/mol. The van der Waals surface area contributed by atoms with Gasteiger partial charge in [0.2, 0.25) is 11.8 Å². The monoisotopic (exact) mass is 345 g/mol. The fourth-order valence-electron chi connectivity index (χ4n) is 3.69. The lowest BCUT2D eigenvalue weighted by molar-refractivity contribution is -0.137. The van der Waals surface area contributed by atoms with Crippen molar-refractivity contribution < 1.29 is 14.3 Å². The van der Waals surface area contributed by atoms with Gasteiger partial charge in [0.15, 0.2) is 0 Å². The molecule has 6 nitrogen and oxygen atoms in total. The first-order valence-corrected chi connectivity index (χ1v) is 9.14. The van der Waals surface area contributed by atoms with E-state index in [1.54, 1.807) is 13.2 Å². The Morgan fingerprint density at radius 1 is 1.16 bits per heavy atom. The smallest absolute Gasteiger partial charge is 0.239 e. The van der Waals surface area contributed by atoms with Crippen LogP contribution in [0.4, 0.5) is 5.69 Å². The van der Waals surface area contributed by atoms with E-state index < -0.39 is 0 Å². The average molecular weight is 345 g/mol. The van der Waals surface area contributed by atoms with Crippen LogP contribution < -0.4 is 10.1 Å². The van der Waals surface area contributed by atoms with Crippen LogP contribution in [0.25, 0.3) is 0 Å². The van der Waals surface area contributed by atoms with Gasteiger partial charge >= 0.3 is 0 Å². The zero-order valence-electron chi connectivity index (χ0n) is 14.9. The maximum atomic E-state index is 12.8. The van der Waals surface area contributed by atoms with Crippen LogP contribution in [-0.4, -0.2) is 60.9 Å². The molecule has 0 bridgehead atoms.